The van der Waals surface area contributed by atoms with Gasteiger partial charge in [0.25, 0.3) is 0 Å². The molecular formula is C13H25NO4. The second-order valence-corrected chi connectivity index (χ2v) is 4.23. The van der Waals surface area contributed by atoms with Gasteiger partial charge in [-0.1, -0.05) is 13.8 Å². The minimum absolute atomic E-state index is 0.444. The fourth-order valence-corrected chi connectivity index (χ4v) is 1.90. The molecule has 0 aliphatic rings. The molecule has 0 aromatic rings. The molecule has 0 spiro atoms. The van der Waals surface area contributed by atoms with Crippen LogP contribution in [0.1, 0.15) is 33.1 Å². The summed E-state index contributed by atoms with van der Waals surface area (Å²) in [7, 11) is 2.57. The van der Waals surface area contributed by atoms with Crippen molar-refractivity contribution >= 4 is 11.9 Å². The quantitative estimate of drug-likeness (QED) is 0.463. The van der Waals surface area contributed by atoms with E-state index < -0.39 is 17.9 Å². The molecule has 106 valence electrons. The third-order valence-electron chi connectivity index (χ3n) is 2.79. The van der Waals surface area contributed by atoms with Gasteiger partial charge in [-0.15, -0.1) is 0 Å². The van der Waals surface area contributed by atoms with E-state index >= 15 is 0 Å². The Balaban J connectivity index is 4.38. The number of esters is 2. The Morgan fingerprint density at radius 1 is 0.944 bits per heavy atom. The van der Waals surface area contributed by atoms with Crippen molar-refractivity contribution in [1.29, 1.82) is 0 Å². The van der Waals surface area contributed by atoms with E-state index in [1.54, 1.807) is 0 Å². The van der Waals surface area contributed by atoms with Crippen LogP contribution in [0.4, 0.5) is 0 Å². The number of hydrogen-bond donors (Lipinski definition) is 0. The average molecular weight is 259 g/mol. The van der Waals surface area contributed by atoms with E-state index in [0.29, 0.717) is 13.0 Å². The maximum absolute atomic E-state index is 11.5. The maximum Gasteiger partial charge on any atom is 0.320 e. The molecule has 5 nitrogen and oxygen atoms in total. The fourth-order valence-electron chi connectivity index (χ4n) is 1.90. The van der Waals surface area contributed by atoms with E-state index in [4.69, 9.17) is 0 Å². The van der Waals surface area contributed by atoms with Crippen LogP contribution in [0.25, 0.3) is 0 Å². The molecule has 0 radical (unpaired) electrons. The topological polar surface area (TPSA) is 55.8 Å². The second-order valence-electron chi connectivity index (χ2n) is 4.23. The van der Waals surface area contributed by atoms with Crippen LogP contribution in [0.2, 0.25) is 0 Å². The maximum atomic E-state index is 11.5. The predicted octanol–water partition coefficient (Wildman–Crippen LogP) is 1.46. The molecular weight excluding hydrogens is 234 g/mol. The van der Waals surface area contributed by atoms with Gasteiger partial charge in [-0.2, -0.15) is 0 Å². The minimum Gasteiger partial charge on any atom is -0.468 e. The van der Waals surface area contributed by atoms with Gasteiger partial charge in [-0.25, -0.2) is 0 Å². The van der Waals surface area contributed by atoms with Gasteiger partial charge in [0.2, 0.25) is 0 Å². The zero-order valence-corrected chi connectivity index (χ0v) is 11.9. The molecule has 0 aliphatic carbocycles. The number of hydrogen-bond acceptors (Lipinski definition) is 5. The van der Waals surface area contributed by atoms with Crippen molar-refractivity contribution in [3.05, 3.63) is 0 Å². The Labute approximate surface area is 109 Å². The summed E-state index contributed by atoms with van der Waals surface area (Å²) < 4.78 is 9.26. The van der Waals surface area contributed by atoms with E-state index in [9.17, 15) is 9.59 Å². The fraction of sp³-hybridized carbons (Fsp3) is 0.846. The van der Waals surface area contributed by atoms with E-state index in [1.165, 1.54) is 14.2 Å². The summed E-state index contributed by atoms with van der Waals surface area (Å²) in [5.41, 5.74) is 0. The normalized spacial score (nSPS) is 10.8. The number of carbonyl (C=O) groups excluding carboxylic acids is 2. The van der Waals surface area contributed by atoms with Crippen LogP contribution in [0.15, 0.2) is 0 Å². The van der Waals surface area contributed by atoms with Crippen LogP contribution in [0, 0.1) is 5.92 Å². The average Bonchev–Trinajstić information content (AvgIpc) is 2.38. The van der Waals surface area contributed by atoms with Crippen molar-refractivity contribution in [2.24, 2.45) is 5.92 Å². The van der Waals surface area contributed by atoms with Crippen LogP contribution in [0.5, 0.6) is 0 Å². The van der Waals surface area contributed by atoms with Gasteiger partial charge < -0.3 is 14.4 Å². The molecule has 0 aromatic carbocycles. The molecule has 0 amide bonds. The zero-order chi connectivity index (χ0) is 14.0. The molecule has 18 heavy (non-hydrogen) atoms. The second kappa shape index (κ2) is 9.88. The summed E-state index contributed by atoms with van der Waals surface area (Å²) in [5, 5.41) is 0. The SMILES string of the molecule is CCCN(CCC)CCC(C(=O)OC)C(=O)OC. The van der Waals surface area contributed by atoms with Gasteiger partial charge in [-0.3, -0.25) is 9.59 Å². The Hall–Kier alpha value is -1.10. The number of methoxy groups -OCH3 is 2. The van der Waals surface area contributed by atoms with E-state index in [2.05, 4.69) is 28.2 Å². The van der Waals surface area contributed by atoms with Gasteiger partial charge in [0.1, 0.15) is 0 Å². The minimum atomic E-state index is -0.809. The van der Waals surface area contributed by atoms with E-state index in [1.807, 2.05) is 0 Å². The van der Waals surface area contributed by atoms with Gasteiger partial charge in [-0.05, 0) is 38.9 Å². The molecule has 0 aliphatic heterocycles. The van der Waals surface area contributed by atoms with Crippen LogP contribution < -0.4 is 0 Å². The van der Waals surface area contributed by atoms with Crippen molar-refractivity contribution < 1.29 is 19.1 Å². The summed E-state index contributed by atoms with van der Waals surface area (Å²) in [6, 6.07) is 0. The molecule has 0 fully saturated rings. The molecule has 0 saturated carbocycles. The van der Waals surface area contributed by atoms with Crippen molar-refractivity contribution in [3.8, 4) is 0 Å². The standard InChI is InChI=1S/C13H25NO4/c1-5-8-14(9-6-2)10-7-11(12(15)17-3)13(16)18-4/h11H,5-10H2,1-4H3. The number of rotatable bonds is 9. The van der Waals surface area contributed by atoms with Gasteiger partial charge in [0.05, 0.1) is 14.2 Å². The first kappa shape index (κ1) is 16.9. The summed E-state index contributed by atoms with van der Waals surface area (Å²) in [5.74, 6) is -1.85. The molecule has 0 bridgehead atoms. The van der Waals surface area contributed by atoms with Crippen molar-refractivity contribution in [2.45, 2.75) is 33.1 Å². The third-order valence-corrected chi connectivity index (χ3v) is 2.79. The highest BCUT2D eigenvalue weighted by atomic mass is 16.5. The third kappa shape index (κ3) is 6.00. The summed E-state index contributed by atoms with van der Waals surface area (Å²) >= 11 is 0. The Kier molecular flexibility index (Phi) is 9.28. The molecule has 0 aromatic heterocycles. The lowest BCUT2D eigenvalue weighted by molar-refractivity contribution is -0.159. The molecule has 0 heterocycles. The molecule has 0 atom stereocenters. The van der Waals surface area contributed by atoms with Crippen LogP contribution in [0.3, 0.4) is 0 Å². The largest absolute Gasteiger partial charge is 0.468 e. The first-order valence-electron chi connectivity index (χ1n) is 6.48. The first-order valence-corrected chi connectivity index (χ1v) is 6.48. The lowest BCUT2D eigenvalue weighted by atomic mass is 10.1. The molecule has 5 heteroatoms. The molecule has 0 rings (SSSR count). The van der Waals surface area contributed by atoms with Crippen molar-refractivity contribution in [3.63, 3.8) is 0 Å². The van der Waals surface area contributed by atoms with Crippen LogP contribution >= 0.6 is 0 Å². The highest BCUT2D eigenvalue weighted by molar-refractivity contribution is 5.94. The summed E-state index contributed by atoms with van der Waals surface area (Å²) in [4.78, 5) is 25.2. The highest BCUT2D eigenvalue weighted by Crippen LogP contribution is 2.10. The first-order chi connectivity index (χ1) is 8.60. The van der Waals surface area contributed by atoms with Gasteiger partial charge >= 0.3 is 11.9 Å². The lowest BCUT2D eigenvalue weighted by Crippen LogP contribution is -2.33. The Bertz CT molecular complexity index is 233. The van der Waals surface area contributed by atoms with Gasteiger partial charge in [0, 0.05) is 0 Å². The molecule has 0 unspecified atom stereocenters. The van der Waals surface area contributed by atoms with E-state index in [-0.39, 0.29) is 0 Å². The van der Waals surface area contributed by atoms with E-state index in [0.717, 1.165) is 25.9 Å². The summed E-state index contributed by atoms with van der Waals surface area (Å²) in [6.07, 6.45) is 2.56. The predicted molar refractivity (Wildman–Crippen MR) is 69.2 cm³/mol. The molecule has 0 saturated heterocycles. The lowest BCUT2D eigenvalue weighted by Gasteiger charge is -2.22. The van der Waals surface area contributed by atoms with Crippen LogP contribution in [-0.4, -0.2) is 50.7 Å². The van der Waals surface area contributed by atoms with Crippen molar-refractivity contribution in [2.75, 3.05) is 33.9 Å². The van der Waals surface area contributed by atoms with Crippen LogP contribution in [-0.2, 0) is 19.1 Å². The molecule has 0 N–H and O–H groups in total. The van der Waals surface area contributed by atoms with Crippen molar-refractivity contribution in [1.82, 2.24) is 4.90 Å². The number of carbonyl (C=O) groups is 2. The summed E-state index contributed by atoms with van der Waals surface area (Å²) in [6.45, 7) is 6.88. The number of nitrogens with zero attached hydrogens (tertiary/aromatic N) is 1. The Morgan fingerprint density at radius 2 is 1.39 bits per heavy atom. The zero-order valence-electron chi connectivity index (χ0n) is 11.9. The van der Waals surface area contributed by atoms with Gasteiger partial charge in [0.15, 0.2) is 5.92 Å². The Morgan fingerprint density at radius 3 is 1.72 bits per heavy atom. The number of ether oxygens (including phenoxy) is 2. The monoisotopic (exact) mass is 259 g/mol. The smallest absolute Gasteiger partial charge is 0.320 e. The highest BCUT2D eigenvalue weighted by Gasteiger charge is 2.28.